The van der Waals surface area contributed by atoms with Crippen LogP contribution in [0.3, 0.4) is 0 Å². The second kappa shape index (κ2) is 7.26. The summed E-state index contributed by atoms with van der Waals surface area (Å²) in [6.07, 6.45) is 2.79. The summed E-state index contributed by atoms with van der Waals surface area (Å²) in [5, 5.41) is 1.42. The molecule has 0 unspecified atom stereocenters. The summed E-state index contributed by atoms with van der Waals surface area (Å²) in [4.78, 5) is 18.0. The predicted octanol–water partition coefficient (Wildman–Crippen LogP) is 4.28. The maximum absolute atomic E-state index is 11.9. The zero-order valence-corrected chi connectivity index (χ0v) is 14.6. The van der Waals surface area contributed by atoms with E-state index in [0.717, 1.165) is 23.7 Å². The standard InChI is InChI=1S/C18H21ClN2O3/c1-12(2)23-18(22)21-9-7-13(8-10-21)24-17-14-5-3-4-6-16(14)20-11-15(17)19/h3-6,11-13H,7-10H2,1-2H3. The molecular weight excluding hydrogens is 328 g/mol. The lowest BCUT2D eigenvalue weighted by atomic mass is 10.1. The van der Waals surface area contributed by atoms with Gasteiger partial charge in [-0.25, -0.2) is 4.79 Å². The number of fused-ring (bicyclic) bond motifs is 1. The highest BCUT2D eigenvalue weighted by Crippen LogP contribution is 2.33. The third-order valence-corrected chi connectivity index (χ3v) is 4.27. The topological polar surface area (TPSA) is 51.7 Å². The van der Waals surface area contributed by atoms with Crippen molar-refractivity contribution in [2.75, 3.05) is 13.1 Å². The second-order valence-corrected chi connectivity index (χ2v) is 6.60. The van der Waals surface area contributed by atoms with Crippen LogP contribution in [0.25, 0.3) is 10.9 Å². The molecule has 6 heteroatoms. The third-order valence-electron chi connectivity index (χ3n) is 4.00. The molecule has 1 aromatic heterocycles. The first-order valence-corrected chi connectivity index (χ1v) is 8.58. The Kier molecular flexibility index (Phi) is 5.09. The molecule has 0 radical (unpaired) electrons. The SMILES string of the molecule is CC(C)OC(=O)N1CCC(Oc2c(Cl)cnc3ccccc23)CC1. The highest BCUT2D eigenvalue weighted by atomic mass is 35.5. The van der Waals surface area contributed by atoms with Crippen LogP contribution in [0.2, 0.25) is 5.02 Å². The number of aromatic nitrogens is 1. The molecule has 128 valence electrons. The highest BCUT2D eigenvalue weighted by Gasteiger charge is 2.26. The first kappa shape index (κ1) is 16.8. The van der Waals surface area contributed by atoms with Gasteiger partial charge in [-0.3, -0.25) is 4.98 Å². The monoisotopic (exact) mass is 348 g/mol. The molecule has 1 aliphatic heterocycles. The van der Waals surface area contributed by atoms with Gasteiger partial charge in [-0.05, 0) is 26.0 Å². The molecule has 1 aromatic carbocycles. The Labute approximate surface area is 146 Å². The minimum absolute atomic E-state index is 0.0245. The van der Waals surface area contributed by atoms with E-state index in [1.54, 1.807) is 11.1 Å². The molecule has 3 rings (SSSR count). The van der Waals surface area contributed by atoms with Crippen molar-refractivity contribution in [3.05, 3.63) is 35.5 Å². The van der Waals surface area contributed by atoms with Gasteiger partial charge in [0.15, 0.2) is 0 Å². The molecule has 0 atom stereocenters. The molecule has 0 saturated carbocycles. The van der Waals surface area contributed by atoms with E-state index >= 15 is 0 Å². The van der Waals surface area contributed by atoms with Gasteiger partial charge in [-0.15, -0.1) is 0 Å². The number of likely N-dealkylation sites (tertiary alicyclic amines) is 1. The Balaban J connectivity index is 1.67. The fourth-order valence-corrected chi connectivity index (χ4v) is 3.01. The van der Waals surface area contributed by atoms with E-state index in [1.165, 1.54) is 0 Å². The first-order chi connectivity index (χ1) is 11.5. The zero-order chi connectivity index (χ0) is 17.1. The van der Waals surface area contributed by atoms with Gasteiger partial charge < -0.3 is 14.4 Å². The van der Waals surface area contributed by atoms with Crippen molar-refractivity contribution >= 4 is 28.6 Å². The molecule has 2 aromatic rings. The number of nitrogens with zero attached hydrogens (tertiary/aromatic N) is 2. The van der Waals surface area contributed by atoms with E-state index in [9.17, 15) is 4.79 Å². The molecule has 5 nitrogen and oxygen atoms in total. The number of para-hydroxylation sites is 1. The van der Waals surface area contributed by atoms with Gasteiger partial charge in [0.25, 0.3) is 0 Å². The quantitative estimate of drug-likeness (QED) is 0.830. The van der Waals surface area contributed by atoms with Crippen molar-refractivity contribution in [1.29, 1.82) is 0 Å². The van der Waals surface area contributed by atoms with Gasteiger partial charge in [-0.2, -0.15) is 0 Å². The number of carbonyl (C=O) groups excluding carboxylic acids is 1. The summed E-state index contributed by atoms with van der Waals surface area (Å²) < 4.78 is 11.4. The molecule has 1 saturated heterocycles. The summed E-state index contributed by atoms with van der Waals surface area (Å²) in [5.74, 6) is 0.672. The summed E-state index contributed by atoms with van der Waals surface area (Å²) in [7, 11) is 0. The van der Waals surface area contributed by atoms with Crippen LogP contribution in [-0.4, -0.2) is 41.3 Å². The Morgan fingerprint density at radius 3 is 2.71 bits per heavy atom. The summed E-state index contributed by atoms with van der Waals surface area (Å²) in [6.45, 7) is 4.95. The van der Waals surface area contributed by atoms with Crippen LogP contribution in [0, 0.1) is 0 Å². The molecule has 0 aliphatic carbocycles. The maximum Gasteiger partial charge on any atom is 0.410 e. The van der Waals surface area contributed by atoms with Crippen LogP contribution in [0.1, 0.15) is 26.7 Å². The van der Waals surface area contributed by atoms with Crippen molar-refractivity contribution in [2.24, 2.45) is 0 Å². The molecule has 0 N–H and O–H groups in total. The molecule has 0 bridgehead atoms. The lowest BCUT2D eigenvalue weighted by Gasteiger charge is -2.32. The Morgan fingerprint density at radius 2 is 2.00 bits per heavy atom. The smallest absolute Gasteiger partial charge is 0.410 e. The Bertz CT molecular complexity index is 727. The number of carbonyl (C=O) groups is 1. The van der Waals surface area contributed by atoms with Crippen LogP contribution in [0.5, 0.6) is 5.75 Å². The van der Waals surface area contributed by atoms with Crippen LogP contribution < -0.4 is 4.74 Å². The van der Waals surface area contributed by atoms with Crippen molar-refractivity contribution in [1.82, 2.24) is 9.88 Å². The predicted molar refractivity (Wildman–Crippen MR) is 93.6 cm³/mol. The van der Waals surface area contributed by atoms with Crippen molar-refractivity contribution in [3.8, 4) is 5.75 Å². The van der Waals surface area contributed by atoms with Crippen LogP contribution in [-0.2, 0) is 4.74 Å². The average molecular weight is 349 g/mol. The number of hydrogen-bond acceptors (Lipinski definition) is 4. The molecule has 2 heterocycles. The minimum Gasteiger partial charge on any atom is -0.488 e. The van der Waals surface area contributed by atoms with E-state index in [4.69, 9.17) is 21.1 Å². The van der Waals surface area contributed by atoms with Gasteiger partial charge >= 0.3 is 6.09 Å². The minimum atomic E-state index is -0.254. The Hall–Kier alpha value is -2.01. The number of amides is 1. The number of halogens is 1. The summed E-state index contributed by atoms with van der Waals surface area (Å²) in [5.41, 5.74) is 0.856. The fraction of sp³-hybridized carbons (Fsp3) is 0.444. The number of hydrogen-bond donors (Lipinski definition) is 0. The molecule has 1 aliphatic rings. The zero-order valence-electron chi connectivity index (χ0n) is 13.9. The molecule has 24 heavy (non-hydrogen) atoms. The van der Waals surface area contributed by atoms with E-state index in [2.05, 4.69) is 4.98 Å². The molecule has 1 amide bonds. The van der Waals surface area contributed by atoms with Gasteiger partial charge in [0.1, 0.15) is 16.9 Å². The molecule has 0 spiro atoms. The number of piperidine rings is 1. The van der Waals surface area contributed by atoms with E-state index in [1.807, 2.05) is 38.1 Å². The van der Waals surface area contributed by atoms with E-state index in [-0.39, 0.29) is 18.3 Å². The van der Waals surface area contributed by atoms with Gasteiger partial charge in [0.2, 0.25) is 0 Å². The van der Waals surface area contributed by atoms with Crippen LogP contribution in [0.4, 0.5) is 4.79 Å². The molecule has 1 fully saturated rings. The normalized spacial score (nSPS) is 15.8. The van der Waals surface area contributed by atoms with Crippen molar-refractivity contribution in [3.63, 3.8) is 0 Å². The fourth-order valence-electron chi connectivity index (χ4n) is 2.81. The molecular formula is C18H21ClN2O3. The first-order valence-electron chi connectivity index (χ1n) is 8.20. The van der Waals surface area contributed by atoms with Crippen LogP contribution in [0.15, 0.2) is 30.5 Å². The largest absolute Gasteiger partial charge is 0.488 e. The lowest BCUT2D eigenvalue weighted by molar-refractivity contribution is 0.0520. The third kappa shape index (κ3) is 3.73. The van der Waals surface area contributed by atoms with Gasteiger partial charge in [-0.1, -0.05) is 23.7 Å². The number of pyridine rings is 1. The van der Waals surface area contributed by atoms with Gasteiger partial charge in [0.05, 0.1) is 11.6 Å². The number of rotatable bonds is 3. The second-order valence-electron chi connectivity index (χ2n) is 6.19. The van der Waals surface area contributed by atoms with E-state index in [0.29, 0.717) is 23.9 Å². The van der Waals surface area contributed by atoms with Crippen molar-refractivity contribution < 1.29 is 14.3 Å². The highest BCUT2D eigenvalue weighted by molar-refractivity contribution is 6.33. The van der Waals surface area contributed by atoms with Crippen LogP contribution >= 0.6 is 11.6 Å². The Morgan fingerprint density at radius 1 is 1.29 bits per heavy atom. The lowest BCUT2D eigenvalue weighted by Crippen LogP contribution is -2.42. The van der Waals surface area contributed by atoms with E-state index < -0.39 is 0 Å². The van der Waals surface area contributed by atoms with Gasteiger partial charge in [0, 0.05) is 37.5 Å². The summed E-state index contributed by atoms with van der Waals surface area (Å²) >= 11 is 6.29. The van der Waals surface area contributed by atoms with Crippen molar-refractivity contribution in [2.45, 2.75) is 38.9 Å². The number of ether oxygens (including phenoxy) is 2. The maximum atomic E-state index is 11.9. The number of benzene rings is 1. The summed E-state index contributed by atoms with van der Waals surface area (Å²) in [6, 6.07) is 7.77. The average Bonchev–Trinajstić information content (AvgIpc) is 2.57.